The molecule has 7 atom stereocenters. The van der Waals surface area contributed by atoms with Crippen LogP contribution in [-0.4, -0.2) is 29.0 Å². The van der Waals surface area contributed by atoms with Crippen molar-refractivity contribution in [1.82, 2.24) is 0 Å². The molecule has 4 nitrogen and oxygen atoms in total. The minimum absolute atomic E-state index is 0.0104. The topological polar surface area (TPSA) is 73.5 Å². The summed E-state index contributed by atoms with van der Waals surface area (Å²) in [7, 11) is 1.71. The van der Waals surface area contributed by atoms with Gasteiger partial charge in [-0.15, -0.1) is 0 Å². The van der Waals surface area contributed by atoms with E-state index in [1.165, 1.54) is 16.7 Å². The van der Waals surface area contributed by atoms with E-state index >= 15 is 0 Å². The number of rotatable bonds is 3. The summed E-state index contributed by atoms with van der Waals surface area (Å²) in [6, 6.07) is 19.3. The molecule has 5 rings (SSSR count). The van der Waals surface area contributed by atoms with E-state index in [1.807, 2.05) is 0 Å². The van der Waals surface area contributed by atoms with Gasteiger partial charge >= 0.3 is 0 Å². The molecule has 0 saturated heterocycles. The lowest BCUT2D eigenvalue weighted by molar-refractivity contribution is -0.0902. The molecule has 2 saturated carbocycles. The van der Waals surface area contributed by atoms with E-state index in [9.17, 15) is 15.5 Å². The second-order valence-corrected chi connectivity index (χ2v) is 9.40. The van der Waals surface area contributed by atoms with E-state index in [-0.39, 0.29) is 18.3 Å². The molecular formula is C26H29NO3. The van der Waals surface area contributed by atoms with Crippen LogP contribution in [0, 0.1) is 29.1 Å². The van der Waals surface area contributed by atoms with E-state index in [0.717, 1.165) is 25.0 Å². The van der Waals surface area contributed by atoms with Crippen LogP contribution >= 0.6 is 0 Å². The summed E-state index contributed by atoms with van der Waals surface area (Å²) in [4.78, 5) is 0. The van der Waals surface area contributed by atoms with Crippen LogP contribution in [0.2, 0.25) is 0 Å². The first kappa shape index (κ1) is 19.6. The van der Waals surface area contributed by atoms with Gasteiger partial charge in [-0.05, 0) is 84.1 Å². The molecule has 0 radical (unpaired) electrons. The zero-order chi connectivity index (χ0) is 20.9. The molecule has 0 amide bonds. The smallest absolute Gasteiger partial charge is 0.119 e. The van der Waals surface area contributed by atoms with Gasteiger partial charge in [-0.25, -0.2) is 0 Å². The van der Waals surface area contributed by atoms with Crippen molar-refractivity contribution in [1.29, 1.82) is 5.26 Å². The fraction of sp³-hybridized carbons (Fsp3) is 0.500. The number of nitrogens with zero attached hydrogens (tertiary/aromatic N) is 1. The first-order valence-corrected chi connectivity index (χ1v) is 11.1. The molecule has 0 aliphatic heterocycles. The van der Waals surface area contributed by atoms with E-state index in [0.29, 0.717) is 24.2 Å². The van der Waals surface area contributed by atoms with Gasteiger partial charge in [0, 0.05) is 0 Å². The largest absolute Gasteiger partial charge is 0.497 e. The second kappa shape index (κ2) is 7.41. The highest BCUT2D eigenvalue weighted by Crippen LogP contribution is 2.61. The van der Waals surface area contributed by atoms with Gasteiger partial charge < -0.3 is 14.9 Å². The molecule has 2 fully saturated rings. The zero-order valence-electron chi connectivity index (χ0n) is 17.4. The summed E-state index contributed by atoms with van der Waals surface area (Å²) in [5.74, 6) is 2.20. The molecule has 0 heterocycles. The van der Waals surface area contributed by atoms with Crippen LogP contribution in [0.1, 0.15) is 54.2 Å². The molecular weight excluding hydrogens is 374 g/mol. The molecule has 7 unspecified atom stereocenters. The third kappa shape index (κ3) is 2.87. The molecule has 0 bridgehead atoms. The lowest BCUT2D eigenvalue weighted by Crippen LogP contribution is -2.47. The number of benzene rings is 2. The Hall–Kier alpha value is -2.35. The van der Waals surface area contributed by atoms with Crippen molar-refractivity contribution in [2.45, 2.75) is 55.6 Å². The van der Waals surface area contributed by atoms with Crippen molar-refractivity contribution < 1.29 is 14.9 Å². The van der Waals surface area contributed by atoms with Gasteiger partial charge in [0.25, 0.3) is 0 Å². The van der Waals surface area contributed by atoms with Gasteiger partial charge in [0.2, 0.25) is 0 Å². The minimum Gasteiger partial charge on any atom is -0.497 e. The predicted molar refractivity (Wildman–Crippen MR) is 114 cm³/mol. The summed E-state index contributed by atoms with van der Waals surface area (Å²) in [5, 5.41) is 31.4. The first-order valence-electron chi connectivity index (χ1n) is 11.1. The predicted octanol–water partition coefficient (Wildman–Crippen LogP) is 4.17. The lowest BCUT2D eigenvalue weighted by atomic mass is 9.55. The van der Waals surface area contributed by atoms with Crippen molar-refractivity contribution in [2.75, 3.05) is 7.11 Å². The van der Waals surface area contributed by atoms with Gasteiger partial charge in [0.15, 0.2) is 0 Å². The number of hydrogen-bond acceptors (Lipinski definition) is 4. The molecule has 3 aliphatic rings. The molecule has 4 heteroatoms. The Bertz CT molecular complexity index is 968. The fourth-order valence-corrected chi connectivity index (χ4v) is 6.96. The maximum Gasteiger partial charge on any atom is 0.119 e. The maximum atomic E-state index is 11.3. The van der Waals surface area contributed by atoms with Crippen molar-refractivity contribution in [3.05, 3.63) is 65.2 Å². The fourth-order valence-electron chi connectivity index (χ4n) is 6.96. The van der Waals surface area contributed by atoms with E-state index in [1.54, 1.807) is 7.11 Å². The van der Waals surface area contributed by atoms with E-state index < -0.39 is 11.7 Å². The zero-order valence-corrected chi connectivity index (χ0v) is 17.4. The molecule has 156 valence electrons. The van der Waals surface area contributed by atoms with Crippen molar-refractivity contribution in [2.24, 2.45) is 17.8 Å². The second-order valence-electron chi connectivity index (χ2n) is 9.40. The van der Waals surface area contributed by atoms with E-state index in [4.69, 9.17) is 4.74 Å². The minimum atomic E-state index is -1.27. The number of methoxy groups -OCH3 is 1. The van der Waals surface area contributed by atoms with Crippen LogP contribution in [0.15, 0.2) is 48.5 Å². The van der Waals surface area contributed by atoms with Crippen LogP contribution < -0.4 is 4.74 Å². The normalized spacial score (nSPS) is 36.9. The van der Waals surface area contributed by atoms with Crippen LogP contribution in [0.5, 0.6) is 5.75 Å². The van der Waals surface area contributed by atoms with Gasteiger partial charge in [-0.1, -0.05) is 36.4 Å². The van der Waals surface area contributed by atoms with Crippen LogP contribution in [0.4, 0.5) is 0 Å². The average molecular weight is 404 g/mol. The van der Waals surface area contributed by atoms with Crippen LogP contribution in [0.25, 0.3) is 0 Å². The Kier molecular flexibility index (Phi) is 4.84. The number of fused-ring (bicyclic) bond motifs is 5. The Morgan fingerprint density at radius 3 is 2.67 bits per heavy atom. The summed E-state index contributed by atoms with van der Waals surface area (Å²) in [5.41, 5.74) is 2.81. The summed E-state index contributed by atoms with van der Waals surface area (Å²) in [6.07, 6.45) is 2.55. The monoisotopic (exact) mass is 403 g/mol. The lowest BCUT2D eigenvalue weighted by Gasteiger charge is -2.50. The van der Waals surface area contributed by atoms with Gasteiger partial charge in [-0.2, -0.15) is 5.26 Å². The summed E-state index contributed by atoms with van der Waals surface area (Å²) < 4.78 is 5.50. The van der Waals surface area contributed by atoms with Gasteiger partial charge in [0.1, 0.15) is 11.4 Å². The van der Waals surface area contributed by atoms with Crippen molar-refractivity contribution >= 4 is 0 Å². The number of aliphatic hydroxyl groups excluding tert-OH is 1. The van der Waals surface area contributed by atoms with Gasteiger partial charge in [-0.3, -0.25) is 0 Å². The third-order valence-electron chi connectivity index (χ3n) is 8.22. The number of aliphatic hydroxyl groups is 2. The number of hydrogen-bond donors (Lipinski definition) is 2. The quantitative estimate of drug-likeness (QED) is 0.807. The summed E-state index contributed by atoms with van der Waals surface area (Å²) >= 11 is 0. The molecule has 2 N–H and O–H groups in total. The maximum absolute atomic E-state index is 11.3. The van der Waals surface area contributed by atoms with E-state index in [2.05, 4.69) is 54.6 Å². The third-order valence-corrected chi connectivity index (χ3v) is 8.22. The standard InChI is InChI=1S/C26H29NO3/c1-30-18-7-8-19-17(13-18)14-21(16-5-3-2-4-6-16)25-20(19)9-10-23-22(25)15-24(28)26(23,29)11-12-27/h2-8,13,20-25,28-29H,9-11,14-15H2,1H3. The highest BCUT2D eigenvalue weighted by molar-refractivity contribution is 5.44. The Morgan fingerprint density at radius 1 is 1.13 bits per heavy atom. The van der Waals surface area contributed by atoms with Gasteiger partial charge in [0.05, 0.1) is 25.7 Å². The van der Waals surface area contributed by atoms with Crippen molar-refractivity contribution in [3.8, 4) is 11.8 Å². The highest BCUT2D eigenvalue weighted by Gasteiger charge is 2.60. The van der Waals surface area contributed by atoms with Crippen LogP contribution in [-0.2, 0) is 6.42 Å². The average Bonchev–Trinajstić information content (AvgIpc) is 3.03. The Labute approximate surface area is 178 Å². The molecule has 2 aromatic rings. The first-order chi connectivity index (χ1) is 14.6. The summed E-state index contributed by atoms with van der Waals surface area (Å²) in [6.45, 7) is 0. The number of ether oxygens (including phenoxy) is 1. The van der Waals surface area contributed by atoms with Crippen LogP contribution in [0.3, 0.4) is 0 Å². The Balaban J connectivity index is 1.60. The molecule has 0 aromatic heterocycles. The molecule has 30 heavy (non-hydrogen) atoms. The number of nitriles is 1. The molecule has 2 aromatic carbocycles. The molecule has 0 spiro atoms. The molecule has 3 aliphatic carbocycles. The van der Waals surface area contributed by atoms with Crippen molar-refractivity contribution in [3.63, 3.8) is 0 Å². The Morgan fingerprint density at radius 2 is 1.93 bits per heavy atom. The highest BCUT2D eigenvalue weighted by atomic mass is 16.5. The SMILES string of the molecule is COc1ccc2c(c1)CC(c1ccccc1)C1C2CCC2C1CC(O)C2(O)CC#N.